The molecule has 1 aliphatic rings. The van der Waals surface area contributed by atoms with Crippen molar-refractivity contribution in [2.24, 2.45) is 0 Å². The Morgan fingerprint density at radius 1 is 1.07 bits per heavy atom. The number of benzene rings is 2. The zero-order chi connectivity index (χ0) is 19.6. The third kappa shape index (κ3) is 4.28. The van der Waals surface area contributed by atoms with Crippen LogP contribution in [0.3, 0.4) is 0 Å². The number of fused-ring (bicyclic) bond motifs is 1. The van der Waals surface area contributed by atoms with Crippen LogP contribution >= 0.6 is 11.6 Å². The molecule has 1 N–H and O–H groups in total. The van der Waals surface area contributed by atoms with Crippen LogP contribution in [-0.2, 0) is 10.0 Å². The molecule has 0 aromatic heterocycles. The van der Waals surface area contributed by atoms with Crippen LogP contribution in [-0.4, -0.2) is 46.5 Å². The number of ether oxygens (including phenoxy) is 2. The molecule has 0 radical (unpaired) electrons. The van der Waals surface area contributed by atoms with Gasteiger partial charge >= 0.3 is 0 Å². The molecule has 0 aliphatic carbocycles. The predicted octanol–water partition coefficient (Wildman–Crippen LogP) is 3.00. The lowest BCUT2D eigenvalue weighted by Gasteiger charge is -2.16. The molecule has 7 nitrogen and oxygen atoms in total. The number of sulfonamides is 1. The highest BCUT2D eigenvalue weighted by molar-refractivity contribution is 7.92. The average Bonchev–Trinajstić information content (AvgIpc) is 2.85. The molecule has 0 bridgehead atoms. The van der Waals surface area contributed by atoms with Crippen molar-refractivity contribution in [3.05, 3.63) is 47.0 Å². The summed E-state index contributed by atoms with van der Waals surface area (Å²) in [6.07, 6.45) is 0.716. The maximum atomic E-state index is 12.9. The summed E-state index contributed by atoms with van der Waals surface area (Å²) in [6, 6.07) is 8.80. The van der Waals surface area contributed by atoms with E-state index in [9.17, 15) is 13.2 Å². The van der Waals surface area contributed by atoms with Gasteiger partial charge in [-0.05, 0) is 30.3 Å². The Labute approximate surface area is 162 Å². The summed E-state index contributed by atoms with van der Waals surface area (Å²) in [5, 5.41) is 0.307. The van der Waals surface area contributed by atoms with Crippen LogP contribution in [0.5, 0.6) is 11.5 Å². The number of hydrogen-bond donors (Lipinski definition) is 1. The fourth-order valence-corrected chi connectivity index (χ4v) is 3.80. The molecular weight excluding hydrogens is 392 g/mol. The number of hydrogen-bond acceptors (Lipinski definition) is 5. The minimum atomic E-state index is -3.97. The molecule has 2 aromatic rings. The van der Waals surface area contributed by atoms with Gasteiger partial charge < -0.3 is 14.4 Å². The molecule has 27 heavy (non-hydrogen) atoms. The Morgan fingerprint density at radius 3 is 2.48 bits per heavy atom. The Morgan fingerprint density at radius 2 is 1.78 bits per heavy atom. The van der Waals surface area contributed by atoms with Crippen LogP contribution in [0.25, 0.3) is 0 Å². The van der Waals surface area contributed by atoms with E-state index in [4.69, 9.17) is 21.1 Å². The van der Waals surface area contributed by atoms with Crippen molar-refractivity contribution in [2.75, 3.05) is 32.0 Å². The lowest BCUT2D eigenvalue weighted by molar-refractivity contribution is 0.0828. The van der Waals surface area contributed by atoms with E-state index in [0.717, 1.165) is 0 Å². The van der Waals surface area contributed by atoms with Gasteiger partial charge in [-0.2, -0.15) is 0 Å². The highest BCUT2D eigenvalue weighted by Crippen LogP contribution is 2.33. The zero-order valence-corrected chi connectivity index (χ0v) is 16.4. The van der Waals surface area contributed by atoms with Crippen molar-refractivity contribution in [2.45, 2.75) is 11.3 Å². The van der Waals surface area contributed by atoms with Gasteiger partial charge in [-0.1, -0.05) is 11.6 Å². The zero-order valence-electron chi connectivity index (χ0n) is 14.9. The van der Waals surface area contributed by atoms with Crippen molar-refractivity contribution in [1.29, 1.82) is 0 Å². The van der Waals surface area contributed by atoms with E-state index in [1.807, 2.05) is 0 Å². The van der Waals surface area contributed by atoms with Gasteiger partial charge in [0.05, 0.1) is 29.4 Å². The first kappa shape index (κ1) is 19.3. The van der Waals surface area contributed by atoms with Crippen molar-refractivity contribution in [3.8, 4) is 11.5 Å². The second-order valence-electron chi connectivity index (χ2n) is 6.15. The predicted molar refractivity (Wildman–Crippen MR) is 102 cm³/mol. The lowest BCUT2D eigenvalue weighted by atomic mass is 10.1. The minimum absolute atomic E-state index is 0.00465. The monoisotopic (exact) mass is 410 g/mol. The number of carbonyl (C=O) groups excluding carboxylic acids is 1. The normalized spacial score (nSPS) is 13.6. The van der Waals surface area contributed by atoms with Crippen molar-refractivity contribution in [1.82, 2.24) is 4.90 Å². The fraction of sp³-hybridized carbons (Fsp3) is 0.278. The molecule has 3 rings (SSSR count). The summed E-state index contributed by atoms with van der Waals surface area (Å²) < 4.78 is 39.2. The SMILES string of the molecule is CN(C)C(=O)c1ccc(Cl)cc1NS(=O)(=O)c1ccc2c(c1)OCCCO2. The van der Waals surface area contributed by atoms with Gasteiger partial charge in [0, 0.05) is 31.6 Å². The number of carbonyl (C=O) groups is 1. The summed E-state index contributed by atoms with van der Waals surface area (Å²) in [7, 11) is -0.807. The molecule has 0 unspecified atom stereocenters. The van der Waals surface area contributed by atoms with E-state index >= 15 is 0 Å². The molecule has 144 valence electrons. The van der Waals surface area contributed by atoms with E-state index in [-0.39, 0.29) is 22.1 Å². The molecule has 9 heteroatoms. The number of amides is 1. The van der Waals surface area contributed by atoms with Crippen molar-refractivity contribution in [3.63, 3.8) is 0 Å². The molecule has 2 aromatic carbocycles. The number of nitrogens with one attached hydrogen (secondary N) is 1. The largest absolute Gasteiger partial charge is 0.490 e. The van der Waals surface area contributed by atoms with Crippen LogP contribution in [0, 0.1) is 0 Å². The van der Waals surface area contributed by atoms with Crippen LogP contribution in [0.1, 0.15) is 16.8 Å². The Bertz CT molecular complexity index is 976. The molecule has 0 fully saturated rings. The number of rotatable bonds is 4. The van der Waals surface area contributed by atoms with E-state index in [0.29, 0.717) is 36.2 Å². The highest BCUT2D eigenvalue weighted by Gasteiger charge is 2.22. The summed E-state index contributed by atoms with van der Waals surface area (Å²) in [4.78, 5) is 13.7. The van der Waals surface area contributed by atoms with E-state index in [1.54, 1.807) is 20.2 Å². The Balaban J connectivity index is 1.97. The fourth-order valence-electron chi connectivity index (χ4n) is 2.54. The molecular formula is C18H19ClN2O5S. The van der Waals surface area contributed by atoms with Crippen LogP contribution in [0.4, 0.5) is 5.69 Å². The second-order valence-corrected chi connectivity index (χ2v) is 8.27. The van der Waals surface area contributed by atoms with Gasteiger partial charge in [0.25, 0.3) is 15.9 Å². The van der Waals surface area contributed by atoms with Gasteiger partial charge in [-0.25, -0.2) is 8.42 Å². The molecule has 0 saturated heterocycles. The van der Waals surface area contributed by atoms with Gasteiger partial charge in [-0.3, -0.25) is 9.52 Å². The maximum Gasteiger partial charge on any atom is 0.262 e. The van der Waals surface area contributed by atoms with Crippen molar-refractivity contribution >= 4 is 33.2 Å². The maximum absolute atomic E-state index is 12.9. The molecule has 0 spiro atoms. The summed E-state index contributed by atoms with van der Waals surface area (Å²) in [5.41, 5.74) is 0.302. The molecule has 1 heterocycles. The van der Waals surface area contributed by atoms with Gasteiger partial charge in [0.1, 0.15) is 0 Å². The van der Waals surface area contributed by atoms with Gasteiger partial charge in [0.2, 0.25) is 0 Å². The van der Waals surface area contributed by atoms with Crippen LogP contribution < -0.4 is 14.2 Å². The van der Waals surface area contributed by atoms with E-state index < -0.39 is 10.0 Å². The number of halogens is 1. The topological polar surface area (TPSA) is 84.9 Å². The Kier molecular flexibility index (Phi) is 5.48. The van der Waals surface area contributed by atoms with Crippen molar-refractivity contribution < 1.29 is 22.7 Å². The van der Waals surface area contributed by atoms with Crippen LogP contribution in [0.2, 0.25) is 5.02 Å². The highest BCUT2D eigenvalue weighted by atomic mass is 35.5. The van der Waals surface area contributed by atoms with Crippen LogP contribution in [0.15, 0.2) is 41.3 Å². The lowest BCUT2D eigenvalue weighted by Crippen LogP contribution is -2.24. The first-order chi connectivity index (χ1) is 12.8. The van der Waals surface area contributed by atoms with E-state index in [2.05, 4.69) is 4.72 Å². The standard InChI is InChI=1S/C18H19ClN2O5S/c1-21(2)18(22)14-6-4-12(19)10-15(14)20-27(23,24)13-5-7-16-17(11-13)26-9-3-8-25-16/h4-7,10-11,20H,3,8-9H2,1-2H3. The second kappa shape index (κ2) is 7.66. The third-order valence-corrected chi connectivity index (χ3v) is 5.49. The van der Waals surface area contributed by atoms with Gasteiger partial charge in [-0.15, -0.1) is 0 Å². The summed E-state index contributed by atoms with van der Waals surface area (Å²) >= 11 is 5.99. The summed E-state index contributed by atoms with van der Waals surface area (Å²) in [5.74, 6) is 0.520. The molecule has 1 amide bonds. The number of anilines is 1. The minimum Gasteiger partial charge on any atom is -0.490 e. The molecule has 0 atom stereocenters. The molecule has 1 aliphatic heterocycles. The first-order valence-electron chi connectivity index (χ1n) is 8.21. The third-order valence-electron chi connectivity index (χ3n) is 3.89. The van der Waals surface area contributed by atoms with Gasteiger partial charge in [0.15, 0.2) is 11.5 Å². The van der Waals surface area contributed by atoms with E-state index in [1.165, 1.54) is 35.2 Å². The Hall–Kier alpha value is -2.45. The smallest absolute Gasteiger partial charge is 0.262 e. The number of nitrogens with zero attached hydrogens (tertiary/aromatic N) is 1. The molecule has 0 saturated carbocycles. The average molecular weight is 411 g/mol. The summed E-state index contributed by atoms with van der Waals surface area (Å²) in [6.45, 7) is 0.954. The quantitative estimate of drug-likeness (QED) is 0.837. The first-order valence-corrected chi connectivity index (χ1v) is 10.1.